The molecule has 1 saturated heterocycles. The third-order valence-electron chi connectivity index (χ3n) is 3.81. The predicted molar refractivity (Wildman–Crippen MR) is 72.5 cm³/mol. The fourth-order valence-corrected chi connectivity index (χ4v) is 3.50. The molecule has 0 amide bonds. The number of hydrogen-bond acceptors (Lipinski definition) is 4. The SMILES string of the molecule is Cc1ccsc1C(CO)N1CCN(C)C(C)C1. The van der Waals surface area contributed by atoms with Gasteiger partial charge in [-0.1, -0.05) is 0 Å². The third kappa shape index (κ3) is 2.71. The Morgan fingerprint density at radius 2 is 2.29 bits per heavy atom. The summed E-state index contributed by atoms with van der Waals surface area (Å²) >= 11 is 1.76. The molecule has 0 radical (unpaired) electrons. The molecule has 0 aliphatic carbocycles. The molecule has 1 aromatic heterocycles. The van der Waals surface area contributed by atoms with Crippen molar-refractivity contribution in [1.82, 2.24) is 9.80 Å². The lowest BCUT2D eigenvalue weighted by Gasteiger charge is -2.41. The Morgan fingerprint density at radius 3 is 2.82 bits per heavy atom. The first-order chi connectivity index (χ1) is 8.13. The van der Waals surface area contributed by atoms with Crippen LogP contribution in [0.5, 0.6) is 0 Å². The maximum absolute atomic E-state index is 9.68. The van der Waals surface area contributed by atoms with E-state index in [-0.39, 0.29) is 12.6 Å². The van der Waals surface area contributed by atoms with Gasteiger partial charge in [-0.05, 0) is 37.9 Å². The van der Waals surface area contributed by atoms with E-state index in [1.807, 2.05) is 0 Å². The monoisotopic (exact) mass is 254 g/mol. The molecular formula is C13H22N2OS. The van der Waals surface area contributed by atoms with Crippen molar-refractivity contribution in [2.75, 3.05) is 33.3 Å². The Hall–Kier alpha value is -0.420. The first kappa shape index (κ1) is 13.0. The number of thiophene rings is 1. The minimum atomic E-state index is 0.186. The van der Waals surface area contributed by atoms with Crippen LogP contribution in [0.3, 0.4) is 0 Å². The highest BCUT2D eigenvalue weighted by Crippen LogP contribution is 2.29. The van der Waals surface area contributed by atoms with E-state index in [1.54, 1.807) is 11.3 Å². The van der Waals surface area contributed by atoms with Crippen molar-refractivity contribution in [3.63, 3.8) is 0 Å². The van der Waals surface area contributed by atoms with Crippen molar-refractivity contribution in [3.05, 3.63) is 21.9 Å². The van der Waals surface area contributed by atoms with Gasteiger partial charge < -0.3 is 10.0 Å². The Morgan fingerprint density at radius 1 is 1.53 bits per heavy atom. The molecule has 0 aromatic carbocycles. The second kappa shape index (κ2) is 5.48. The quantitative estimate of drug-likeness (QED) is 0.890. The lowest BCUT2D eigenvalue weighted by molar-refractivity contribution is 0.0475. The summed E-state index contributed by atoms with van der Waals surface area (Å²) in [7, 11) is 2.17. The molecule has 1 aromatic rings. The summed E-state index contributed by atoms with van der Waals surface area (Å²) < 4.78 is 0. The normalized spacial score (nSPS) is 25.1. The third-order valence-corrected chi connectivity index (χ3v) is 4.93. The molecule has 1 aliphatic rings. The zero-order chi connectivity index (χ0) is 12.4. The van der Waals surface area contributed by atoms with E-state index < -0.39 is 0 Å². The average Bonchev–Trinajstić information content (AvgIpc) is 2.71. The largest absolute Gasteiger partial charge is 0.394 e. The molecule has 96 valence electrons. The molecule has 2 unspecified atom stereocenters. The molecular weight excluding hydrogens is 232 g/mol. The van der Waals surface area contributed by atoms with Gasteiger partial charge in [0, 0.05) is 30.6 Å². The number of aliphatic hydroxyl groups is 1. The fraction of sp³-hybridized carbons (Fsp3) is 0.692. The van der Waals surface area contributed by atoms with Gasteiger partial charge in [0.05, 0.1) is 12.6 Å². The lowest BCUT2D eigenvalue weighted by Crippen LogP contribution is -2.51. The van der Waals surface area contributed by atoms with Gasteiger partial charge in [-0.25, -0.2) is 0 Å². The van der Waals surface area contributed by atoms with Crippen LogP contribution < -0.4 is 0 Å². The van der Waals surface area contributed by atoms with Crippen LogP contribution in [0.1, 0.15) is 23.4 Å². The second-order valence-corrected chi connectivity index (χ2v) is 5.94. The van der Waals surface area contributed by atoms with Crippen LogP contribution >= 0.6 is 11.3 Å². The minimum Gasteiger partial charge on any atom is -0.394 e. The van der Waals surface area contributed by atoms with Crippen LogP contribution in [0.2, 0.25) is 0 Å². The van der Waals surface area contributed by atoms with Crippen LogP contribution in [0.25, 0.3) is 0 Å². The van der Waals surface area contributed by atoms with Crippen molar-refractivity contribution >= 4 is 11.3 Å². The Labute approximate surface area is 108 Å². The highest BCUT2D eigenvalue weighted by molar-refractivity contribution is 7.10. The van der Waals surface area contributed by atoms with E-state index in [4.69, 9.17) is 0 Å². The number of piperazine rings is 1. The Kier molecular flexibility index (Phi) is 4.20. The van der Waals surface area contributed by atoms with E-state index in [9.17, 15) is 5.11 Å². The molecule has 2 heterocycles. The number of rotatable bonds is 3. The molecule has 0 spiro atoms. The first-order valence-corrected chi connectivity index (χ1v) is 7.10. The minimum absolute atomic E-state index is 0.186. The molecule has 1 aliphatic heterocycles. The number of aliphatic hydroxyl groups excluding tert-OH is 1. The van der Waals surface area contributed by atoms with Crippen molar-refractivity contribution in [2.24, 2.45) is 0 Å². The van der Waals surface area contributed by atoms with Gasteiger partial charge >= 0.3 is 0 Å². The topological polar surface area (TPSA) is 26.7 Å². The highest BCUT2D eigenvalue weighted by atomic mass is 32.1. The Balaban J connectivity index is 2.12. The van der Waals surface area contributed by atoms with Crippen LogP contribution in [-0.2, 0) is 0 Å². The lowest BCUT2D eigenvalue weighted by atomic mass is 10.1. The smallest absolute Gasteiger partial charge is 0.0678 e. The number of aryl methyl sites for hydroxylation is 1. The number of hydrogen-bond donors (Lipinski definition) is 1. The maximum Gasteiger partial charge on any atom is 0.0678 e. The van der Waals surface area contributed by atoms with E-state index >= 15 is 0 Å². The van der Waals surface area contributed by atoms with Gasteiger partial charge in [-0.2, -0.15) is 0 Å². The van der Waals surface area contributed by atoms with Crippen molar-refractivity contribution in [3.8, 4) is 0 Å². The van der Waals surface area contributed by atoms with Crippen molar-refractivity contribution in [1.29, 1.82) is 0 Å². The summed E-state index contributed by atoms with van der Waals surface area (Å²) in [5.41, 5.74) is 1.31. The predicted octanol–water partition coefficient (Wildman–Crippen LogP) is 1.73. The standard InChI is InChI=1S/C13H22N2OS/c1-10-4-7-17-13(10)12(9-16)15-6-5-14(3)11(2)8-15/h4,7,11-12,16H,5-6,8-9H2,1-3H3. The summed E-state index contributed by atoms with van der Waals surface area (Å²) in [4.78, 5) is 6.12. The molecule has 2 rings (SSSR count). The van der Waals surface area contributed by atoms with E-state index in [1.165, 1.54) is 10.4 Å². The zero-order valence-corrected chi connectivity index (χ0v) is 11.7. The van der Waals surface area contributed by atoms with Crippen molar-refractivity contribution in [2.45, 2.75) is 25.9 Å². The summed E-state index contributed by atoms with van der Waals surface area (Å²) in [6.45, 7) is 7.78. The van der Waals surface area contributed by atoms with E-state index in [0.717, 1.165) is 19.6 Å². The van der Waals surface area contributed by atoms with E-state index in [2.05, 4.69) is 42.1 Å². The molecule has 1 N–H and O–H groups in total. The van der Waals surface area contributed by atoms with Gasteiger partial charge in [0.2, 0.25) is 0 Å². The summed E-state index contributed by atoms with van der Waals surface area (Å²) in [5, 5.41) is 11.8. The van der Waals surface area contributed by atoms with Crippen LogP contribution in [0.4, 0.5) is 0 Å². The maximum atomic E-state index is 9.68. The molecule has 3 nitrogen and oxygen atoms in total. The second-order valence-electron chi connectivity index (χ2n) is 4.99. The zero-order valence-electron chi connectivity index (χ0n) is 10.9. The molecule has 0 bridgehead atoms. The van der Waals surface area contributed by atoms with Crippen molar-refractivity contribution < 1.29 is 5.11 Å². The van der Waals surface area contributed by atoms with Crippen LogP contribution in [0, 0.1) is 6.92 Å². The first-order valence-electron chi connectivity index (χ1n) is 6.22. The average molecular weight is 254 g/mol. The molecule has 4 heteroatoms. The summed E-state index contributed by atoms with van der Waals surface area (Å²) in [5.74, 6) is 0. The van der Waals surface area contributed by atoms with Gasteiger partial charge in [0.15, 0.2) is 0 Å². The molecule has 1 fully saturated rings. The summed E-state index contributed by atoms with van der Waals surface area (Å²) in [6, 6.07) is 2.89. The molecule has 2 atom stereocenters. The molecule has 0 saturated carbocycles. The Bertz CT molecular complexity index is 366. The van der Waals surface area contributed by atoms with Gasteiger partial charge in [0.25, 0.3) is 0 Å². The van der Waals surface area contributed by atoms with Gasteiger partial charge in [-0.3, -0.25) is 4.90 Å². The fourth-order valence-electron chi connectivity index (χ4n) is 2.45. The number of nitrogens with zero attached hydrogens (tertiary/aromatic N) is 2. The van der Waals surface area contributed by atoms with E-state index in [0.29, 0.717) is 6.04 Å². The highest BCUT2D eigenvalue weighted by Gasteiger charge is 2.28. The van der Waals surface area contributed by atoms with Crippen LogP contribution in [-0.4, -0.2) is 54.2 Å². The summed E-state index contributed by atoms with van der Waals surface area (Å²) in [6.07, 6.45) is 0. The number of likely N-dealkylation sites (N-methyl/N-ethyl adjacent to an activating group) is 1. The molecule has 17 heavy (non-hydrogen) atoms. The van der Waals surface area contributed by atoms with Gasteiger partial charge in [-0.15, -0.1) is 11.3 Å². The van der Waals surface area contributed by atoms with Gasteiger partial charge in [0.1, 0.15) is 0 Å². The van der Waals surface area contributed by atoms with Crippen LogP contribution in [0.15, 0.2) is 11.4 Å².